The Hall–Kier alpha value is 0.170. The molecule has 0 aromatic carbocycles. The minimum Gasteiger partial charge on any atom is -0.122 e. The molecule has 0 amide bonds. The summed E-state index contributed by atoms with van der Waals surface area (Å²) in [6, 6.07) is 0. The summed E-state index contributed by atoms with van der Waals surface area (Å²) in [7, 11) is 1.20. The predicted octanol–water partition coefficient (Wildman–Crippen LogP) is 4.21. The van der Waals surface area contributed by atoms with E-state index in [0.717, 1.165) is 0 Å². The molecule has 0 aliphatic rings. The van der Waals surface area contributed by atoms with Crippen LogP contribution in [-0.2, 0) is 0 Å². The Balaban J connectivity index is 2.90. The van der Waals surface area contributed by atoms with Gasteiger partial charge in [-0.2, -0.15) is 0 Å². The number of rotatable bonds is 8. The van der Waals surface area contributed by atoms with Gasteiger partial charge in [-0.25, -0.2) is 0 Å². The summed E-state index contributed by atoms with van der Waals surface area (Å²) in [5, 5.41) is 0. The zero-order valence-electron chi connectivity index (χ0n) is 8.60. The molecule has 0 heterocycles. The fraction of sp³-hybridized carbons (Fsp3) is 0.818. The molecule has 0 N–H and O–H groups in total. The van der Waals surface area contributed by atoms with Gasteiger partial charge in [-0.1, -0.05) is 32.4 Å². The molecule has 0 aliphatic carbocycles. The van der Waals surface area contributed by atoms with Crippen LogP contribution in [0.25, 0.3) is 0 Å². The summed E-state index contributed by atoms with van der Waals surface area (Å²) in [5.41, 5.74) is 0. The van der Waals surface area contributed by atoms with Crippen LogP contribution in [0.2, 0.25) is 0 Å². The van der Waals surface area contributed by atoms with Crippen LogP contribution in [-0.4, -0.2) is 12.3 Å². The molecule has 0 fully saturated rings. The highest BCUT2D eigenvalue weighted by Crippen LogP contribution is 2.12. The largest absolute Gasteiger partial charge is 0.122 e. The Kier molecular flexibility index (Phi) is 11.3. The molecule has 1 atom stereocenters. The second kappa shape index (κ2) is 11.2. The first-order valence-corrected chi connectivity index (χ1v) is 6.69. The van der Waals surface area contributed by atoms with E-state index < -0.39 is 0 Å². The van der Waals surface area contributed by atoms with Crippen LogP contribution < -0.4 is 0 Å². The molecular formula is C11H23P. The van der Waals surface area contributed by atoms with E-state index in [1.807, 2.05) is 0 Å². The number of allylic oxidation sites excluding steroid dienone is 2. The average Bonchev–Trinajstić information content (AvgIpc) is 2.10. The van der Waals surface area contributed by atoms with Crippen LogP contribution >= 0.6 is 8.58 Å². The lowest BCUT2D eigenvalue weighted by atomic mass is 10.2. The Labute approximate surface area is 79.6 Å². The van der Waals surface area contributed by atoms with Gasteiger partial charge in [0.15, 0.2) is 0 Å². The van der Waals surface area contributed by atoms with Gasteiger partial charge in [-0.15, -0.1) is 8.58 Å². The summed E-state index contributed by atoms with van der Waals surface area (Å²) >= 11 is 0. The fourth-order valence-electron chi connectivity index (χ4n) is 1.09. The zero-order valence-corrected chi connectivity index (χ0v) is 9.60. The van der Waals surface area contributed by atoms with Crippen LogP contribution in [0.15, 0.2) is 12.2 Å². The summed E-state index contributed by atoms with van der Waals surface area (Å²) < 4.78 is 0. The maximum Gasteiger partial charge on any atom is -0.0351 e. The van der Waals surface area contributed by atoms with Crippen molar-refractivity contribution in [1.82, 2.24) is 0 Å². The van der Waals surface area contributed by atoms with Gasteiger partial charge in [-0.3, -0.25) is 0 Å². The van der Waals surface area contributed by atoms with Gasteiger partial charge < -0.3 is 0 Å². The molecule has 12 heavy (non-hydrogen) atoms. The minimum atomic E-state index is 1.20. The average molecular weight is 186 g/mol. The standard InChI is InChI=1S/C11H23P/c1-3-5-6-7-8-9-10-11-12-4-2/h6-7,12H,3-5,8-11H2,1-2H3. The Morgan fingerprint density at radius 2 is 1.75 bits per heavy atom. The molecule has 72 valence electrons. The molecule has 0 spiro atoms. The molecular weight excluding hydrogens is 163 g/mol. The summed E-state index contributed by atoms with van der Waals surface area (Å²) in [5.74, 6) is 0. The SMILES string of the molecule is CCCC=CCCCCPCC. The summed E-state index contributed by atoms with van der Waals surface area (Å²) in [6.07, 6.45) is 14.2. The van der Waals surface area contributed by atoms with Gasteiger partial charge in [-0.05, 0) is 38.0 Å². The fourth-order valence-corrected chi connectivity index (χ4v) is 1.94. The van der Waals surface area contributed by atoms with Crippen molar-refractivity contribution in [3.63, 3.8) is 0 Å². The molecule has 0 radical (unpaired) electrons. The third-order valence-corrected chi connectivity index (χ3v) is 3.05. The third kappa shape index (κ3) is 10.2. The van der Waals surface area contributed by atoms with Crippen LogP contribution in [0, 0.1) is 0 Å². The molecule has 1 heteroatoms. The highest BCUT2D eigenvalue weighted by atomic mass is 31.1. The number of hydrogen-bond donors (Lipinski definition) is 0. The first kappa shape index (κ1) is 12.2. The van der Waals surface area contributed by atoms with Crippen molar-refractivity contribution in [2.75, 3.05) is 12.3 Å². The molecule has 0 saturated heterocycles. The van der Waals surface area contributed by atoms with E-state index in [-0.39, 0.29) is 0 Å². The van der Waals surface area contributed by atoms with E-state index in [2.05, 4.69) is 26.0 Å². The van der Waals surface area contributed by atoms with Gasteiger partial charge in [0.25, 0.3) is 0 Å². The van der Waals surface area contributed by atoms with E-state index >= 15 is 0 Å². The van der Waals surface area contributed by atoms with Crippen molar-refractivity contribution in [2.45, 2.75) is 46.0 Å². The topological polar surface area (TPSA) is 0 Å². The van der Waals surface area contributed by atoms with Crippen LogP contribution in [0.1, 0.15) is 46.0 Å². The van der Waals surface area contributed by atoms with E-state index in [1.54, 1.807) is 0 Å². The van der Waals surface area contributed by atoms with Gasteiger partial charge >= 0.3 is 0 Å². The van der Waals surface area contributed by atoms with Crippen molar-refractivity contribution < 1.29 is 0 Å². The molecule has 0 aromatic rings. The molecule has 0 aromatic heterocycles. The van der Waals surface area contributed by atoms with Crippen LogP contribution in [0.5, 0.6) is 0 Å². The van der Waals surface area contributed by atoms with Crippen molar-refractivity contribution in [1.29, 1.82) is 0 Å². The van der Waals surface area contributed by atoms with Crippen molar-refractivity contribution in [3.05, 3.63) is 12.2 Å². The van der Waals surface area contributed by atoms with E-state index in [0.29, 0.717) is 0 Å². The highest BCUT2D eigenvalue weighted by molar-refractivity contribution is 7.37. The van der Waals surface area contributed by atoms with Gasteiger partial charge in [0.05, 0.1) is 0 Å². The Morgan fingerprint density at radius 3 is 2.42 bits per heavy atom. The minimum absolute atomic E-state index is 1.20. The molecule has 0 rings (SSSR count). The smallest absolute Gasteiger partial charge is 0.0351 e. The molecule has 0 nitrogen and oxygen atoms in total. The molecule has 0 aliphatic heterocycles. The Morgan fingerprint density at radius 1 is 1.00 bits per heavy atom. The van der Waals surface area contributed by atoms with Gasteiger partial charge in [0, 0.05) is 0 Å². The predicted molar refractivity (Wildman–Crippen MR) is 61.6 cm³/mol. The maximum absolute atomic E-state index is 2.35. The lowest BCUT2D eigenvalue weighted by molar-refractivity contribution is 0.816. The van der Waals surface area contributed by atoms with Gasteiger partial charge in [0.2, 0.25) is 0 Å². The highest BCUT2D eigenvalue weighted by Gasteiger charge is 1.85. The molecule has 0 saturated carbocycles. The van der Waals surface area contributed by atoms with Crippen molar-refractivity contribution >= 4 is 8.58 Å². The van der Waals surface area contributed by atoms with E-state index in [9.17, 15) is 0 Å². The number of hydrogen-bond acceptors (Lipinski definition) is 0. The first-order chi connectivity index (χ1) is 5.91. The summed E-state index contributed by atoms with van der Waals surface area (Å²) in [4.78, 5) is 0. The number of unbranched alkanes of at least 4 members (excludes halogenated alkanes) is 3. The van der Waals surface area contributed by atoms with Crippen molar-refractivity contribution in [2.24, 2.45) is 0 Å². The quantitative estimate of drug-likeness (QED) is 0.302. The molecule has 0 bridgehead atoms. The monoisotopic (exact) mass is 186 g/mol. The molecule has 1 unspecified atom stereocenters. The van der Waals surface area contributed by atoms with Gasteiger partial charge in [0.1, 0.15) is 0 Å². The summed E-state index contributed by atoms with van der Waals surface area (Å²) in [6.45, 7) is 4.51. The first-order valence-electron chi connectivity index (χ1n) is 5.27. The normalized spacial score (nSPS) is 12.2. The Bertz CT molecular complexity index is 97.2. The van der Waals surface area contributed by atoms with Crippen molar-refractivity contribution in [3.8, 4) is 0 Å². The lowest BCUT2D eigenvalue weighted by Gasteiger charge is -1.96. The third-order valence-electron chi connectivity index (χ3n) is 1.85. The second-order valence-corrected chi connectivity index (χ2v) is 4.82. The van der Waals surface area contributed by atoms with Crippen LogP contribution in [0.3, 0.4) is 0 Å². The van der Waals surface area contributed by atoms with Crippen LogP contribution in [0.4, 0.5) is 0 Å². The lowest BCUT2D eigenvalue weighted by Crippen LogP contribution is -1.77. The second-order valence-electron chi connectivity index (χ2n) is 3.11. The van der Waals surface area contributed by atoms with E-state index in [1.165, 1.54) is 53.0 Å². The maximum atomic E-state index is 2.35. The zero-order chi connectivity index (χ0) is 9.07. The van der Waals surface area contributed by atoms with E-state index in [4.69, 9.17) is 0 Å².